The zero-order valence-electron chi connectivity index (χ0n) is 15.1. The maximum absolute atomic E-state index is 10.4. The predicted octanol–water partition coefficient (Wildman–Crippen LogP) is 2.58. The molecule has 0 N–H and O–H groups in total. The largest absolute Gasteiger partial charge is 0.744 e. The van der Waals surface area contributed by atoms with Crippen molar-refractivity contribution in [2.24, 2.45) is 7.05 Å². The number of nitrogens with zero attached hydrogens (tertiary/aromatic N) is 1. The Kier molecular flexibility index (Phi) is 6.18. The Morgan fingerprint density at radius 3 is 2.12 bits per heavy atom. The Bertz CT molecular complexity index is 998. The highest BCUT2D eigenvalue weighted by atomic mass is 32.2. The lowest BCUT2D eigenvalue weighted by Gasteiger charge is -2.06. The second-order valence-corrected chi connectivity index (χ2v) is 6.99. The van der Waals surface area contributed by atoms with E-state index in [1.165, 1.54) is 12.1 Å². The van der Waals surface area contributed by atoms with Gasteiger partial charge in [0.25, 0.3) is 0 Å². The summed E-state index contributed by atoms with van der Waals surface area (Å²) in [5.74, 6) is 1.48. The topological polar surface area (TPSA) is 79.5 Å². The van der Waals surface area contributed by atoms with Crippen LogP contribution in [0.15, 0.2) is 59.5 Å². The van der Waals surface area contributed by atoms with Gasteiger partial charge in [0.1, 0.15) is 17.2 Å². The lowest BCUT2D eigenvalue weighted by atomic mass is 10.2. The van der Waals surface area contributed by atoms with Gasteiger partial charge in [-0.15, -0.1) is 0 Å². The van der Waals surface area contributed by atoms with Crippen LogP contribution in [0, 0.1) is 6.92 Å². The molecular formula is C19H21NO5S. The number of hydrogen-bond acceptors (Lipinski definition) is 5. The molecule has 0 spiro atoms. The van der Waals surface area contributed by atoms with E-state index in [-0.39, 0.29) is 4.90 Å². The second kappa shape index (κ2) is 8.16. The first kappa shape index (κ1) is 19.7. The number of rotatable bonds is 3. The number of benzene rings is 2. The molecule has 1 aromatic heterocycles. The van der Waals surface area contributed by atoms with E-state index >= 15 is 0 Å². The first-order valence-corrected chi connectivity index (χ1v) is 9.21. The van der Waals surface area contributed by atoms with Gasteiger partial charge in [0.05, 0.1) is 24.5 Å². The summed E-state index contributed by atoms with van der Waals surface area (Å²) in [5, 5.41) is 1.14. The molecule has 0 aliphatic rings. The first-order valence-electron chi connectivity index (χ1n) is 7.80. The molecule has 2 aromatic carbocycles. The third kappa shape index (κ3) is 4.50. The van der Waals surface area contributed by atoms with Crippen molar-refractivity contribution in [2.45, 2.75) is 11.8 Å². The van der Waals surface area contributed by atoms with Crippen LogP contribution in [0.5, 0.6) is 11.6 Å². The molecule has 0 amide bonds. The Morgan fingerprint density at radius 1 is 0.962 bits per heavy atom. The van der Waals surface area contributed by atoms with Crippen molar-refractivity contribution in [1.29, 1.82) is 0 Å². The van der Waals surface area contributed by atoms with E-state index in [1.54, 1.807) is 26.4 Å². The molecule has 0 aliphatic carbocycles. The maximum atomic E-state index is 10.4. The van der Waals surface area contributed by atoms with E-state index in [1.807, 2.05) is 36.7 Å². The van der Waals surface area contributed by atoms with Crippen LogP contribution < -0.4 is 14.0 Å². The monoisotopic (exact) mass is 375 g/mol. The van der Waals surface area contributed by atoms with E-state index in [0.717, 1.165) is 28.1 Å². The van der Waals surface area contributed by atoms with Crippen LogP contribution in [-0.2, 0) is 17.2 Å². The Hall–Kier alpha value is -2.64. The number of methoxy groups -OCH3 is 2. The summed E-state index contributed by atoms with van der Waals surface area (Å²) in [4.78, 5) is -0.178. The standard InChI is InChI=1S/C12H14NO2.C7H8O3S/c1-13-10-7-5-4-6-9(10)8-11(14-2)12(13)15-3;1-6-2-4-7(5-3-6)11(8,9)10/h4-8H,1-3H3;2-5H,1H3,(H,8,9,10)/q+1;/p-1. The highest BCUT2D eigenvalue weighted by Gasteiger charge is 2.18. The summed E-state index contributed by atoms with van der Waals surface area (Å²) in [5.41, 5.74) is 2.05. The minimum atomic E-state index is -4.27. The van der Waals surface area contributed by atoms with Crippen LogP contribution >= 0.6 is 0 Å². The van der Waals surface area contributed by atoms with E-state index in [0.29, 0.717) is 0 Å². The Morgan fingerprint density at radius 2 is 1.58 bits per heavy atom. The summed E-state index contributed by atoms with van der Waals surface area (Å²) in [6, 6.07) is 15.9. The second-order valence-electron chi connectivity index (χ2n) is 5.61. The van der Waals surface area contributed by atoms with Gasteiger partial charge in [-0.2, -0.15) is 4.57 Å². The normalized spacial score (nSPS) is 10.8. The molecule has 0 saturated carbocycles. The van der Waals surface area contributed by atoms with Crippen molar-refractivity contribution in [2.75, 3.05) is 14.2 Å². The van der Waals surface area contributed by atoms with E-state index in [4.69, 9.17) is 9.47 Å². The molecule has 0 aliphatic heterocycles. The van der Waals surface area contributed by atoms with Gasteiger partial charge in [0.2, 0.25) is 11.3 Å². The van der Waals surface area contributed by atoms with Crippen LogP contribution in [0.3, 0.4) is 0 Å². The van der Waals surface area contributed by atoms with Gasteiger partial charge >= 0.3 is 5.88 Å². The number of aromatic nitrogens is 1. The molecule has 138 valence electrons. The van der Waals surface area contributed by atoms with Crippen LogP contribution in [0.4, 0.5) is 0 Å². The average molecular weight is 375 g/mol. The smallest absolute Gasteiger partial charge is 0.411 e. The summed E-state index contributed by atoms with van der Waals surface area (Å²) < 4.78 is 43.7. The quantitative estimate of drug-likeness (QED) is 0.519. The van der Waals surface area contributed by atoms with Crippen molar-refractivity contribution in [3.63, 3.8) is 0 Å². The van der Waals surface area contributed by atoms with E-state index in [9.17, 15) is 13.0 Å². The maximum Gasteiger partial charge on any atom is 0.411 e. The van der Waals surface area contributed by atoms with Crippen molar-refractivity contribution in [3.05, 3.63) is 60.2 Å². The fraction of sp³-hybridized carbons (Fsp3) is 0.211. The van der Waals surface area contributed by atoms with Crippen LogP contribution in [0.1, 0.15) is 5.56 Å². The number of pyridine rings is 1. The number of para-hydroxylation sites is 1. The molecule has 0 bridgehead atoms. The van der Waals surface area contributed by atoms with Crippen molar-refractivity contribution >= 4 is 21.0 Å². The molecule has 6 nitrogen and oxygen atoms in total. The molecule has 0 atom stereocenters. The van der Waals surface area contributed by atoms with Crippen molar-refractivity contribution < 1.29 is 27.0 Å². The van der Waals surface area contributed by atoms with Crippen molar-refractivity contribution in [3.8, 4) is 11.6 Å². The van der Waals surface area contributed by atoms with Crippen LogP contribution in [-0.4, -0.2) is 27.2 Å². The fourth-order valence-electron chi connectivity index (χ4n) is 2.48. The first-order chi connectivity index (χ1) is 12.3. The minimum Gasteiger partial charge on any atom is -0.744 e. The molecule has 1 heterocycles. The van der Waals surface area contributed by atoms with Crippen molar-refractivity contribution in [1.82, 2.24) is 0 Å². The van der Waals surface area contributed by atoms with Gasteiger partial charge in [-0.1, -0.05) is 29.8 Å². The molecular weight excluding hydrogens is 354 g/mol. The lowest BCUT2D eigenvalue weighted by molar-refractivity contribution is -0.651. The zero-order valence-corrected chi connectivity index (χ0v) is 15.9. The highest BCUT2D eigenvalue weighted by molar-refractivity contribution is 7.85. The van der Waals surface area contributed by atoms with E-state index in [2.05, 4.69) is 12.1 Å². The Balaban J connectivity index is 0.000000197. The fourth-order valence-corrected chi connectivity index (χ4v) is 2.95. The van der Waals surface area contributed by atoms with Gasteiger partial charge in [-0.25, -0.2) is 8.42 Å². The number of hydrogen-bond donors (Lipinski definition) is 0. The zero-order chi connectivity index (χ0) is 19.3. The third-order valence-electron chi connectivity index (χ3n) is 3.82. The predicted molar refractivity (Wildman–Crippen MR) is 97.4 cm³/mol. The van der Waals surface area contributed by atoms with E-state index < -0.39 is 10.1 Å². The van der Waals surface area contributed by atoms with Crippen LogP contribution in [0.2, 0.25) is 0 Å². The molecule has 0 fully saturated rings. The summed E-state index contributed by atoms with van der Waals surface area (Å²) in [6.45, 7) is 1.82. The highest BCUT2D eigenvalue weighted by Crippen LogP contribution is 2.26. The van der Waals surface area contributed by atoms with Gasteiger partial charge in [-0.05, 0) is 25.1 Å². The minimum absolute atomic E-state index is 0.178. The summed E-state index contributed by atoms with van der Waals surface area (Å²) >= 11 is 0. The third-order valence-corrected chi connectivity index (χ3v) is 4.67. The number of fused-ring (bicyclic) bond motifs is 1. The molecule has 0 unspecified atom stereocenters. The summed E-state index contributed by atoms with van der Waals surface area (Å²) in [6.07, 6.45) is 0. The van der Waals surface area contributed by atoms with Gasteiger partial charge in [0, 0.05) is 12.1 Å². The SMILES string of the molecule is COc1cc2ccccc2[n+](C)c1OC.Cc1ccc(S(=O)(=O)[O-])cc1. The van der Waals surface area contributed by atoms with Gasteiger partial charge in [-0.3, -0.25) is 0 Å². The molecule has 3 rings (SSSR count). The summed E-state index contributed by atoms with van der Waals surface area (Å²) in [7, 11) is 0.983. The number of aryl methyl sites for hydroxylation is 2. The van der Waals surface area contributed by atoms with Crippen LogP contribution in [0.25, 0.3) is 10.9 Å². The Labute approximate surface area is 153 Å². The average Bonchev–Trinajstić information content (AvgIpc) is 2.61. The number of ether oxygens (including phenoxy) is 2. The molecule has 3 aromatic rings. The molecule has 26 heavy (non-hydrogen) atoms. The molecule has 0 saturated heterocycles. The lowest BCUT2D eigenvalue weighted by Crippen LogP contribution is -2.31. The molecule has 7 heteroatoms. The van der Waals surface area contributed by atoms with Gasteiger partial charge < -0.3 is 14.0 Å². The molecule has 0 radical (unpaired) electrons. The van der Waals surface area contributed by atoms with Gasteiger partial charge in [0.15, 0.2) is 0 Å².